The number of nitrogens with one attached hydrogen (secondary N) is 2. The number of aromatic nitrogens is 1. The molecule has 26 heavy (non-hydrogen) atoms. The molecular formula is C24H30N2. The lowest BCUT2D eigenvalue weighted by molar-refractivity contribution is 0.392. The van der Waals surface area contributed by atoms with E-state index in [0.29, 0.717) is 6.04 Å². The van der Waals surface area contributed by atoms with Gasteiger partial charge >= 0.3 is 0 Å². The zero-order valence-corrected chi connectivity index (χ0v) is 15.6. The van der Waals surface area contributed by atoms with Crippen molar-refractivity contribution in [2.75, 3.05) is 6.54 Å². The van der Waals surface area contributed by atoms with E-state index >= 15 is 0 Å². The monoisotopic (exact) mass is 346 g/mol. The molecule has 2 heteroatoms. The van der Waals surface area contributed by atoms with Crippen LogP contribution in [0.3, 0.4) is 0 Å². The van der Waals surface area contributed by atoms with Gasteiger partial charge in [-0.05, 0) is 43.0 Å². The summed E-state index contributed by atoms with van der Waals surface area (Å²) in [5.74, 6) is 0. The molecule has 2 N–H and O–H groups in total. The summed E-state index contributed by atoms with van der Waals surface area (Å²) < 4.78 is 0. The first-order valence-corrected chi connectivity index (χ1v) is 10.3. The van der Waals surface area contributed by atoms with E-state index in [4.69, 9.17) is 0 Å². The molecule has 2 nitrogen and oxygen atoms in total. The van der Waals surface area contributed by atoms with E-state index in [1.165, 1.54) is 72.7 Å². The summed E-state index contributed by atoms with van der Waals surface area (Å²) in [5, 5.41) is 5.22. The van der Waals surface area contributed by atoms with Crippen LogP contribution in [0.25, 0.3) is 22.2 Å². The molecule has 0 radical (unpaired) electrons. The predicted octanol–water partition coefficient (Wildman–Crippen LogP) is 6.08. The van der Waals surface area contributed by atoms with Crippen molar-refractivity contribution in [3.8, 4) is 11.3 Å². The number of aromatic amines is 1. The normalized spacial score (nSPS) is 16.5. The standard InChI is InChI=1S/C24H30N2/c1-2-7-13-20(14-8-3-1)25-18-17-22-21-15-9-10-16-23(21)26-24(22)19-11-5-4-6-12-19/h4-6,9-12,15-16,20,25-26H,1-3,7-8,13-14,17-18H2. The molecule has 1 aliphatic rings. The van der Waals surface area contributed by atoms with Crippen LogP contribution in [-0.4, -0.2) is 17.6 Å². The van der Waals surface area contributed by atoms with Crippen molar-refractivity contribution in [1.82, 2.24) is 10.3 Å². The Hall–Kier alpha value is -2.06. The van der Waals surface area contributed by atoms with E-state index in [1.54, 1.807) is 0 Å². The van der Waals surface area contributed by atoms with Crippen molar-refractivity contribution in [3.05, 3.63) is 60.2 Å². The molecule has 0 amide bonds. The van der Waals surface area contributed by atoms with Gasteiger partial charge in [0.25, 0.3) is 0 Å². The number of rotatable bonds is 5. The summed E-state index contributed by atoms with van der Waals surface area (Å²) in [4.78, 5) is 3.66. The van der Waals surface area contributed by atoms with E-state index in [1.807, 2.05) is 0 Å². The fraction of sp³-hybridized carbons (Fsp3) is 0.417. The third-order valence-electron chi connectivity index (χ3n) is 5.79. The van der Waals surface area contributed by atoms with E-state index in [0.717, 1.165) is 13.0 Å². The molecular weight excluding hydrogens is 316 g/mol. The minimum Gasteiger partial charge on any atom is -0.354 e. The Morgan fingerprint density at radius 3 is 2.31 bits per heavy atom. The minimum atomic E-state index is 0.709. The van der Waals surface area contributed by atoms with Crippen LogP contribution in [-0.2, 0) is 6.42 Å². The molecule has 1 saturated carbocycles. The van der Waals surface area contributed by atoms with Gasteiger partial charge in [0, 0.05) is 22.6 Å². The van der Waals surface area contributed by atoms with Gasteiger partial charge in [-0.25, -0.2) is 0 Å². The maximum atomic E-state index is 3.86. The molecule has 0 aliphatic heterocycles. The second kappa shape index (κ2) is 8.55. The number of hydrogen-bond acceptors (Lipinski definition) is 1. The zero-order valence-electron chi connectivity index (χ0n) is 15.6. The van der Waals surface area contributed by atoms with Gasteiger partial charge in [-0.1, -0.05) is 80.6 Å². The maximum absolute atomic E-state index is 3.86. The molecule has 0 atom stereocenters. The van der Waals surface area contributed by atoms with Crippen molar-refractivity contribution in [3.63, 3.8) is 0 Å². The summed E-state index contributed by atoms with van der Waals surface area (Å²) in [6.45, 7) is 1.06. The van der Waals surface area contributed by atoms with Crippen LogP contribution in [0.5, 0.6) is 0 Å². The lowest BCUT2D eigenvalue weighted by Crippen LogP contribution is -2.31. The fourth-order valence-electron chi connectivity index (χ4n) is 4.37. The highest BCUT2D eigenvalue weighted by Crippen LogP contribution is 2.30. The SMILES string of the molecule is c1ccc(-c2[nH]c3ccccc3c2CCNC2CCCCCCC2)cc1. The van der Waals surface area contributed by atoms with Gasteiger partial charge in [0.2, 0.25) is 0 Å². The Bertz CT molecular complexity index is 811. The Morgan fingerprint density at radius 1 is 0.808 bits per heavy atom. The smallest absolute Gasteiger partial charge is 0.0497 e. The van der Waals surface area contributed by atoms with Crippen LogP contribution in [0.15, 0.2) is 54.6 Å². The van der Waals surface area contributed by atoms with Crippen LogP contribution < -0.4 is 5.32 Å². The number of fused-ring (bicyclic) bond motifs is 1. The Labute approximate surface area is 157 Å². The second-order valence-electron chi connectivity index (χ2n) is 7.64. The number of H-pyrrole nitrogens is 1. The first-order valence-electron chi connectivity index (χ1n) is 10.3. The van der Waals surface area contributed by atoms with Crippen LogP contribution >= 0.6 is 0 Å². The maximum Gasteiger partial charge on any atom is 0.0497 e. The third kappa shape index (κ3) is 4.02. The van der Waals surface area contributed by atoms with Crippen LogP contribution in [0.4, 0.5) is 0 Å². The number of para-hydroxylation sites is 1. The van der Waals surface area contributed by atoms with E-state index < -0.39 is 0 Å². The largest absolute Gasteiger partial charge is 0.354 e. The lowest BCUT2D eigenvalue weighted by atomic mass is 9.96. The van der Waals surface area contributed by atoms with Gasteiger partial charge in [-0.2, -0.15) is 0 Å². The second-order valence-corrected chi connectivity index (χ2v) is 7.64. The van der Waals surface area contributed by atoms with Crippen LogP contribution in [0.2, 0.25) is 0 Å². The number of hydrogen-bond donors (Lipinski definition) is 2. The zero-order chi connectivity index (χ0) is 17.6. The molecule has 1 aliphatic carbocycles. The van der Waals surface area contributed by atoms with E-state index in [2.05, 4.69) is 64.9 Å². The Balaban J connectivity index is 1.51. The first kappa shape index (κ1) is 17.4. The quantitative estimate of drug-likeness (QED) is 0.575. The lowest BCUT2D eigenvalue weighted by Gasteiger charge is -2.21. The summed E-state index contributed by atoms with van der Waals surface area (Å²) >= 11 is 0. The molecule has 0 unspecified atom stereocenters. The van der Waals surface area contributed by atoms with Crippen molar-refractivity contribution in [2.24, 2.45) is 0 Å². The third-order valence-corrected chi connectivity index (χ3v) is 5.79. The average Bonchev–Trinajstić information content (AvgIpc) is 3.03. The Kier molecular flexibility index (Phi) is 5.71. The van der Waals surface area contributed by atoms with Gasteiger partial charge < -0.3 is 10.3 Å². The van der Waals surface area contributed by atoms with E-state index in [-0.39, 0.29) is 0 Å². The Morgan fingerprint density at radius 2 is 1.50 bits per heavy atom. The molecule has 0 saturated heterocycles. The van der Waals surface area contributed by atoms with Crippen LogP contribution in [0, 0.1) is 0 Å². The highest BCUT2D eigenvalue weighted by molar-refractivity contribution is 5.90. The van der Waals surface area contributed by atoms with Gasteiger partial charge in [0.05, 0.1) is 0 Å². The molecule has 0 bridgehead atoms. The van der Waals surface area contributed by atoms with Gasteiger partial charge in [0.15, 0.2) is 0 Å². The highest BCUT2D eigenvalue weighted by Gasteiger charge is 2.14. The van der Waals surface area contributed by atoms with Crippen molar-refractivity contribution < 1.29 is 0 Å². The molecule has 1 fully saturated rings. The van der Waals surface area contributed by atoms with Crippen molar-refractivity contribution >= 4 is 10.9 Å². The molecule has 4 rings (SSSR count). The molecule has 0 spiro atoms. The summed E-state index contributed by atoms with van der Waals surface area (Å²) in [6, 6.07) is 20.2. The summed E-state index contributed by atoms with van der Waals surface area (Å²) in [7, 11) is 0. The van der Waals surface area contributed by atoms with Crippen LogP contribution in [0.1, 0.15) is 50.5 Å². The summed E-state index contributed by atoms with van der Waals surface area (Å²) in [6.07, 6.45) is 10.8. The molecule has 1 heterocycles. The van der Waals surface area contributed by atoms with E-state index in [9.17, 15) is 0 Å². The van der Waals surface area contributed by atoms with Crippen molar-refractivity contribution in [1.29, 1.82) is 0 Å². The molecule has 136 valence electrons. The highest BCUT2D eigenvalue weighted by atomic mass is 14.9. The topological polar surface area (TPSA) is 27.8 Å². The summed E-state index contributed by atoms with van der Waals surface area (Å²) in [5.41, 5.74) is 5.26. The molecule has 2 aromatic carbocycles. The van der Waals surface area contributed by atoms with Gasteiger partial charge in [0.1, 0.15) is 0 Å². The molecule has 1 aromatic heterocycles. The van der Waals surface area contributed by atoms with Gasteiger partial charge in [-0.3, -0.25) is 0 Å². The fourth-order valence-corrected chi connectivity index (χ4v) is 4.37. The molecule has 3 aromatic rings. The average molecular weight is 347 g/mol. The van der Waals surface area contributed by atoms with Gasteiger partial charge in [-0.15, -0.1) is 0 Å². The van der Waals surface area contributed by atoms with Crippen molar-refractivity contribution in [2.45, 2.75) is 57.4 Å². The number of benzene rings is 2. The minimum absolute atomic E-state index is 0.709. The first-order chi connectivity index (χ1) is 12.9. The predicted molar refractivity (Wildman–Crippen MR) is 112 cm³/mol.